The molecule has 4 aromatic rings. The van der Waals surface area contributed by atoms with Crippen molar-refractivity contribution in [3.63, 3.8) is 0 Å². The smallest absolute Gasteiger partial charge is 0.168 e. The first-order valence-electron chi connectivity index (χ1n) is 11.7. The summed E-state index contributed by atoms with van der Waals surface area (Å²) < 4.78 is 54.8. The van der Waals surface area contributed by atoms with Crippen LogP contribution in [0.2, 0.25) is 0 Å². The van der Waals surface area contributed by atoms with E-state index in [2.05, 4.69) is 6.92 Å². The van der Waals surface area contributed by atoms with Gasteiger partial charge in [0.1, 0.15) is 12.4 Å². The zero-order chi connectivity index (χ0) is 24.8. The molecule has 4 aromatic carbocycles. The van der Waals surface area contributed by atoms with Crippen molar-refractivity contribution < 1.29 is 22.6 Å². The molecule has 0 aliphatic heterocycles. The lowest BCUT2D eigenvalue weighted by atomic mass is 9.97. The molecule has 0 amide bonds. The highest BCUT2D eigenvalue weighted by Crippen LogP contribution is 2.32. The van der Waals surface area contributed by atoms with Crippen LogP contribution in [-0.4, -0.2) is 6.61 Å². The third-order valence-electron chi connectivity index (χ3n) is 5.76. The number of hydrogen-bond acceptors (Lipinski definition) is 2. The molecule has 0 atom stereocenters. The van der Waals surface area contributed by atoms with Crippen LogP contribution in [0.3, 0.4) is 0 Å². The topological polar surface area (TPSA) is 18.5 Å². The summed E-state index contributed by atoms with van der Waals surface area (Å²) in [6.07, 6.45) is 1.98. The maximum absolute atomic E-state index is 15.0. The summed E-state index contributed by atoms with van der Waals surface area (Å²) in [4.78, 5) is 0. The van der Waals surface area contributed by atoms with Crippen LogP contribution in [0.15, 0.2) is 78.9 Å². The Morgan fingerprint density at radius 1 is 0.629 bits per heavy atom. The zero-order valence-corrected chi connectivity index (χ0v) is 19.8. The molecule has 0 fully saturated rings. The molecule has 2 nitrogen and oxygen atoms in total. The van der Waals surface area contributed by atoms with E-state index in [4.69, 9.17) is 9.47 Å². The first-order valence-corrected chi connectivity index (χ1v) is 11.7. The van der Waals surface area contributed by atoms with Crippen LogP contribution in [0.4, 0.5) is 13.2 Å². The highest BCUT2D eigenvalue weighted by Gasteiger charge is 2.16. The van der Waals surface area contributed by atoms with E-state index in [1.165, 1.54) is 17.7 Å². The molecule has 0 unspecified atom stereocenters. The maximum Gasteiger partial charge on any atom is 0.168 e. The second-order valence-electron chi connectivity index (χ2n) is 8.25. The quantitative estimate of drug-likeness (QED) is 0.242. The fourth-order valence-electron chi connectivity index (χ4n) is 3.93. The first kappa shape index (κ1) is 24.4. The Balaban J connectivity index is 1.47. The minimum atomic E-state index is -0.881. The Morgan fingerprint density at radius 2 is 1.20 bits per heavy atom. The van der Waals surface area contributed by atoms with E-state index in [1.807, 2.05) is 24.3 Å². The van der Waals surface area contributed by atoms with Crippen molar-refractivity contribution in [1.82, 2.24) is 0 Å². The molecule has 0 heterocycles. The number of aryl methyl sites for hydroxylation is 1. The van der Waals surface area contributed by atoms with Gasteiger partial charge < -0.3 is 9.47 Å². The molecule has 0 aliphatic carbocycles. The van der Waals surface area contributed by atoms with Gasteiger partial charge in [0, 0.05) is 17.2 Å². The molecule has 4 rings (SSSR count). The summed E-state index contributed by atoms with van der Waals surface area (Å²) in [6, 6.07) is 22.2. The van der Waals surface area contributed by atoms with Gasteiger partial charge in [-0.15, -0.1) is 0 Å². The monoisotopic (exact) mass is 476 g/mol. The molecule has 0 saturated carbocycles. The molecule has 0 saturated heterocycles. The van der Waals surface area contributed by atoms with Crippen molar-refractivity contribution in [3.05, 3.63) is 107 Å². The highest BCUT2D eigenvalue weighted by atomic mass is 19.2. The number of halogens is 3. The number of ether oxygens (including phenoxy) is 2. The predicted octanol–water partition coefficient (Wildman–Crippen LogP) is 8.37. The van der Waals surface area contributed by atoms with Gasteiger partial charge >= 0.3 is 0 Å². The Labute approximate surface area is 204 Å². The second-order valence-corrected chi connectivity index (χ2v) is 8.25. The minimum Gasteiger partial charge on any atom is -0.491 e. The van der Waals surface area contributed by atoms with Crippen molar-refractivity contribution in [2.75, 3.05) is 6.61 Å². The summed E-state index contributed by atoms with van der Waals surface area (Å²) in [5.41, 5.74) is 3.61. The number of hydrogen-bond donors (Lipinski definition) is 0. The van der Waals surface area contributed by atoms with Crippen molar-refractivity contribution in [3.8, 4) is 33.8 Å². The average Bonchev–Trinajstić information content (AvgIpc) is 2.87. The van der Waals surface area contributed by atoms with Crippen molar-refractivity contribution >= 4 is 0 Å². The minimum absolute atomic E-state index is 0.179. The SMILES string of the molecule is CCCc1ccc(-c2ccc(-c3ccc(COc4ccc(OCC)c(F)c4)cc3)c(F)c2F)cc1. The molecule has 0 N–H and O–H groups in total. The van der Waals surface area contributed by atoms with Gasteiger partial charge in [0.05, 0.1) is 6.61 Å². The van der Waals surface area contributed by atoms with E-state index in [0.29, 0.717) is 23.5 Å². The first-order chi connectivity index (χ1) is 17.0. The van der Waals surface area contributed by atoms with Gasteiger partial charge in [0.2, 0.25) is 0 Å². The molecule has 0 aromatic heterocycles. The van der Waals surface area contributed by atoms with Crippen LogP contribution in [0, 0.1) is 17.5 Å². The Hall–Kier alpha value is -3.73. The van der Waals surface area contributed by atoms with E-state index >= 15 is 0 Å². The average molecular weight is 477 g/mol. The molecule has 0 bridgehead atoms. The summed E-state index contributed by atoms with van der Waals surface area (Å²) in [6.45, 7) is 4.47. The van der Waals surface area contributed by atoms with Gasteiger partial charge in [-0.25, -0.2) is 13.2 Å². The largest absolute Gasteiger partial charge is 0.491 e. The van der Waals surface area contributed by atoms with Gasteiger partial charge in [-0.1, -0.05) is 74.0 Å². The Kier molecular flexibility index (Phi) is 7.76. The summed E-state index contributed by atoms with van der Waals surface area (Å²) >= 11 is 0. The Morgan fingerprint density at radius 3 is 1.71 bits per heavy atom. The Bertz CT molecular complexity index is 1280. The van der Waals surface area contributed by atoms with Crippen molar-refractivity contribution in [2.24, 2.45) is 0 Å². The van der Waals surface area contributed by atoms with Gasteiger partial charge in [-0.05, 0) is 47.7 Å². The van der Waals surface area contributed by atoms with Gasteiger partial charge in [0.15, 0.2) is 23.2 Å². The third-order valence-corrected chi connectivity index (χ3v) is 5.76. The van der Waals surface area contributed by atoms with Crippen LogP contribution in [0.5, 0.6) is 11.5 Å². The predicted molar refractivity (Wildman–Crippen MR) is 133 cm³/mol. The highest BCUT2D eigenvalue weighted by molar-refractivity contribution is 5.72. The van der Waals surface area contributed by atoms with Crippen LogP contribution in [0.25, 0.3) is 22.3 Å². The van der Waals surface area contributed by atoms with E-state index in [9.17, 15) is 13.2 Å². The second kappa shape index (κ2) is 11.1. The van der Waals surface area contributed by atoms with Gasteiger partial charge in [0.25, 0.3) is 0 Å². The molecular weight excluding hydrogens is 449 g/mol. The van der Waals surface area contributed by atoms with Crippen LogP contribution < -0.4 is 9.47 Å². The summed E-state index contributed by atoms with van der Waals surface area (Å²) in [7, 11) is 0. The summed E-state index contributed by atoms with van der Waals surface area (Å²) in [5, 5.41) is 0. The van der Waals surface area contributed by atoms with E-state index in [1.54, 1.807) is 49.4 Å². The van der Waals surface area contributed by atoms with Gasteiger partial charge in [-0.2, -0.15) is 0 Å². The molecule has 35 heavy (non-hydrogen) atoms. The molecule has 0 radical (unpaired) electrons. The molecule has 5 heteroatoms. The van der Waals surface area contributed by atoms with Crippen molar-refractivity contribution in [1.29, 1.82) is 0 Å². The maximum atomic E-state index is 15.0. The lowest BCUT2D eigenvalue weighted by Gasteiger charge is -2.11. The summed E-state index contributed by atoms with van der Waals surface area (Å²) in [5.74, 6) is -1.68. The zero-order valence-electron chi connectivity index (χ0n) is 19.8. The fourth-order valence-corrected chi connectivity index (χ4v) is 3.93. The van der Waals surface area contributed by atoms with Crippen LogP contribution >= 0.6 is 0 Å². The van der Waals surface area contributed by atoms with Crippen LogP contribution in [0.1, 0.15) is 31.4 Å². The lowest BCUT2D eigenvalue weighted by molar-refractivity contribution is 0.297. The van der Waals surface area contributed by atoms with E-state index in [-0.39, 0.29) is 23.5 Å². The van der Waals surface area contributed by atoms with E-state index < -0.39 is 17.5 Å². The van der Waals surface area contributed by atoms with E-state index in [0.717, 1.165) is 18.4 Å². The standard InChI is InChI=1S/C30H27F3O2/c1-3-5-20-6-10-22(11-7-20)25-15-16-26(30(33)29(25)32)23-12-8-21(9-13-23)19-35-24-14-17-28(34-4-2)27(31)18-24/h6-18H,3-5,19H2,1-2H3. The molecule has 0 aliphatic rings. The molecule has 0 spiro atoms. The molecular formula is C30H27F3O2. The van der Waals surface area contributed by atoms with Gasteiger partial charge in [-0.3, -0.25) is 0 Å². The normalized spacial score (nSPS) is 10.9. The number of rotatable bonds is 9. The van der Waals surface area contributed by atoms with Crippen LogP contribution in [-0.2, 0) is 13.0 Å². The number of benzene rings is 4. The van der Waals surface area contributed by atoms with Crippen molar-refractivity contribution in [2.45, 2.75) is 33.3 Å². The third kappa shape index (κ3) is 5.68. The fraction of sp³-hybridized carbons (Fsp3) is 0.200. The molecule has 180 valence electrons. The lowest BCUT2D eigenvalue weighted by Crippen LogP contribution is -1.98.